The molecule has 9 heavy (non-hydrogen) atoms. The fourth-order valence-electron chi connectivity index (χ4n) is 0.402. The SMILES string of the molecule is CC.CCSC(C)CC. The summed E-state index contributed by atoms with van der Waals surface area (Å²) in [6, 6.07) is 0. The molecule has 0 heterocycles. The van der Waals surface area contributed by atoms with E-state index >= 15 is 0 Å². The lowest BCUT2D eigenvalue weighted by molar-refractivity contribution is 0.906. The van der Waals surface area contributed by atoms with Crippen LogP contribution in [-0.4, -0.2) is 11.0 Å². The van der Waals surface area contributed by atoms with E-state index in [4.69, 9.17) is 0 Å². The van der Waals surface area contributed by atoms with Crippen molar-refractivity contribution in [3.8, 4) is 0 Å². The van der Waals surface area contributed by atoms with Crippen molar-refractivity contribution in [2.45, 2.75) is 46.3 Å². The Kier molecular flexibility index (Phi) is 15.0. The van der Waals surface area contributed by atoms with Gasteiger partial charge in [0.15, 0.2) is 0 Å². The van der Waals surface area contributed by atoms with E-state index in [0.29, 0.717) is 0 Å². The molecule has 0 nitrogen and oxygen atoms in total. The van der Waals surface area contributed by atoms with Crippen LogP contribution < -0.4 is 0 Å². The molecule has 0 radical (unpaired) electrons. The first-order valence-electron chi connectivity index (χ1n) is 3.92. The number of hydrogen-bond acceptors (Lipinski definition) is 1. The van der Waals surface area contributed by atoms with Gasteiger partial charge in [0, 0.05) is 5.25 Å². The Labute approximate surface area is 64.4 Å². The molecule has 0 rings (SSSR count). The molecule has 1 atom stereocenters. The number of hydrogen-bond donors (Lipinski definition) is 0. The molecule has 0 aliphatic rings. The van der Waals surface area contributed by atoms with E-state index < -0.39 is 0 Å². The Bertz CT molecular complexity index is 35.5. The van der Waals surface area contributed by atoms with E-state index in [1.807, 2.05) is 25.6 Å². The van der Waals surface area contributed by atoms with Crippen molar-refractivity contribution in [1.29, 1.82) is 0 Å². The van der Waals surface area contributed by atoms with Crippen molar-refractivity contribution in [3.63, 3.8) is 0 Å². The second kappa shape index (κ2) is 11.2. The Morgan fingerprint density at radius 2 is 1.67 bits per heavy atom. The summed E-state index contributed by atoms with van der Waals surface area (Å²) in [6.07, 6.45) is 1.30. The van der Waals surface area contributed by atoms with Gasteiger partial charge in [0.05, 0.1) is 0 Å². The van der Waals surface area contributed by atoms with Crippen LogP contribution in [0.3, 0.4) is 0 Å². The summed E-state index contributed by atoms with van der Waals surface area (Å²) in [5.41, 5.74) is 0. The van der Waals surface area contributed by atoms with Gasteiger partial charge in [0.2, 0.25) is 0 Å². The van der Waals surface area contributed by atoms with Gasteiger partial charge in [-0.15, -0.1) is 0 Å². The smallest absolute Gasteiger partial charge is 0.00159 e. The zero-order chi connectivity index (χ0) is 7.70. The summed E-state index contributed by atoms with van der Waals surface area (Å²) in [5, 5.41) is 0.866. The largest absolute Gasteiger partial charge is 0.159 e. The maximum absolute atomic E-state index is 2.27. The predicted molar refractivity (Wildman–Crippen MR) is 49.2 cm³/mol. The van der Waals surface area contributed by atoms with Crippen LogP contribution in [0.2, 0.25) is 0 Å². The summed E-state index contributed by atoms with van der Waals surface area (Å²) in [7, 11) is 0. The first kappa shape index (κ1) is 12.1. The number of thioether (sulfide) groups is 1. The maximum Gasteiger partial charge on any atom is 0.00159 e. The topological polar surface area (TPSA) is 0 Å². The Balaban J connectivity index is 0. The van der Waals surface area contributed by atoms with E-state index in [2.05, 4.69) is 20.8 Å². The molecule has 0 aromatic rings. The van der Waals surface area contributed by atoms with Crippen molar-refractivity contribution in [1.82, 2.24) is 0 Å². The predicted octanol–water partition coefficient (Wildman–Crippen LogP) is 3.56. The van der Waals surface area contributed by atoms with Crippen LogP contribution in [-0.2, 0) is 0 Å². The van der Waals surface area contributed by atoms with E-state index in [1.54, 1.807) is 0 Å². The molecule has 0 amide bonds. The second-order valence-corrected chi connectivity index (χ2v) is 3.39. The van der Waals surface area contributed by atoms with Crippen molar-refractivity contribution < 1.29 is 0 Å². The van der Waals surface area contributed by atoms with E-state index in [-0.39, 0.29) is 0 Å². The van der Waals surface area contributed by atoms with Gasteiger partial charge in [-0.25, -0.2) is 0 Å². The molecule has 0 fully saturated rings. The van der Waals surface area contributed by atoms with Gasteiger partial charge < -0.3 is 0 Å². The van der Waals surface area contributed by atoms with Gasteiger partial charge in [-0.05, 0) is 12.2 Å². The zero-order valence-corrected chi connectivity index (χ0v) is 8.22. The van der Waals surface area contributed by atoms with Gasteiger partial charge >= 0.3 is 0 Å². The molecule has 1 heteroatoms. The second-order valence-electron chi connectivity index (χ2n) is 1.67. The van der Waals surface area contributed by atoms with E-state index in [0.717, 1.165) is 5.25 Å². The van der Waals surface area contributed by atoms with Crippen molar-refractivity contribution in [3.05, 3.63) is 0 Å². The lowest BCUT2D eigenvalue weighted by Gasteiger charge is -2.02. The molecular formula is C8H20S. The highest BCUT2D eigenvalue weighted by Gasteiger charge is 1.92. The first-order chi connectivity index (χ1) is 4.31. The highest BCUT2D eigenvalue weighted by molar-refractivity contribution is 7.99. The summed E-state index contributed by atoms with van der Waals surface area (Å²) >= 11 is 2.03. The zero-order valence-electron chi connectivity index (χ0n) is 7.40. The van der Waals surface area contributed by atoms with Gasteiger partial charge in [0.25, 0.3) is 0 Å². The van der Waals surface area contributed by atoms with Crippen LogP contribution in [0.15, 0.2) is 0 Å². The third-order valence-corrected chi connectivity index (χ3v) is 2.26. The Hall–Kier alpha value is 0.350. The van der Waals surface area contributed by atoms with Crippen LogP contribution in [0, 0.1) is 0 Å². The lowest BCUT2D eigenvalue weighted by atomic mass is 10.4. The summed E-state index contributed by atoms with van der Waals surface area (Å²) < 4.78 is 0. The van der Waals surface area contributed by atoms with Gasteiger partial charge in [-0.2, -0.15) is 11.8 Å². The van der Waals surface area contributed by atoms with E-state index in [9.17, 15) is 0 Å². The molecule has 0 spiro atoms. The minimum Gasteiger partial charge on any atom is -0.159 e. The average Bonchev–Trinajstić information content (AvgIpc) is 1.93. The molecule has 0 aromatic carbocycles. The van der Waals surface area contributed by atoms with Gasteiger partial charge in [0.1, 0.15) is 0 Å². The standard InChI is InChI=1S/C6H14S.C2H6/c1-4-6(3)7-5-2;1-2/h6H,4-5H2,1-3H3;1-2H3. The van der Waals surface area contributed by atoms with Crippen LogP contribution in [0.1, 0.15) is 41.0 Å². The van der Waals surface area contributed by atoms with Crippen LogP contribution >= 0.6 is 11.8 Å². The molecule has 0 saturated carbocycles. The first-order valence-corrected chi connectivity index (χ1v) is 4.97. The third-order valence-electron chi connectivity index (χ3n) is 1.03. The molecule has 0 aliphatic heterocycles. The molecule has 0 saturated heterocycles. The molecule has 58 valence electrons. The fraction of sp³-hybridized carbons (Fsp3) is 1.00. The normalized spacial score (nSPS) is 11.7. The van der Waals surface area contributed by atoms with Gasteiger partial charge in [-0.3, -0.25) is 0 Å². The third kappa shape index (κ3) is 11.8. The minimum absolute atomic E-state index is 0.866. The Morgan fingerprint density at radius 3 is 1.78 bits per heavy atom. The lowest BCUT2D eigenvalue weighted by Crippen LogP contribution is -1.91. The molecule has 1 unspecified atom stereocenters. The Morgan fingerprint density at radius 1 is 1.22 bits per heavy atom. The average molecular weight is 148 g/mol. The molecule has 0 N–H and O–H groups in total. The van der Waals surface area contributed by atoms with Crippen molar-refractivity contribution >= 4 is 11.8 Å². The van der Waals surface area contributed by atoms with Gasteiger partial charge in [-0.1, -0.05) is 34.6 Å². The van der Waals surface area contributed by atoms with E-state index in [1.165, 1.54) is 12.2 Å². The summed E-state index contributed by atoms with van der Waals surface area (Å²) in [4.78, 5) is 0. The number of rotatable bonds is 3. The quantitative estimate of drug-likeness (QED) is 0.589. The van der Waals surface area contributed by atoms with Crippen molar-refractivity contribution in [2.75, 3.05) is 5.75 Å². The van der Waals surface area contributed by atoms with Crippen LogP contribution in [0.4, 0.5) is 0 Å². The molecular weight excluding hydrogens is 128 g/mol. The fourth-order valence-corrected chi connectivity index (χ4v) is 1.21. The van der Waals surface area contributed by atoms with Crippen LogP contribution in [0.5, 0.6) is 0 Å². The maximum atomic E-state index is 2.27. The minimum atomic E-state index is 0.866. The summed E-state index contributed by atoms with van der Waals surface area (Å²) in [6.45, 7) is 10.7. The molecule has 0 aliphatic carbocycles. The highest BCUT2D eigenvalue weighted by Crippen LogP contribution is 2.11. The molecule has 0 bridgehead atoms. The molecule has 0 aromatic heterocycles. The van der Waals surface area contributed by atoms with Crippen LogP contribution in [0.25, 0.3) is 0 Å². The highest BCUT2D eigenvalue weighted by atomic mass is 32.2. The monoisotopic (exact) mass is 148 g/mol. The summed E-state index contributed by atoms with van der Waals surface area (Å²) in [5.74, 6) is 1.26. The van der Waals surface area contributed by atoms with Crippen molar-refractivity contribution in [2.24, 2.45) is 0 Å².